The minimum absolute atomic E-state index is 0.0665. The van der Waals surface area contributed by atoms with Crippen LogP contribution in [0.25, 0.3) is 0 Å². The van der Waals surface area contributed by atoms with Crippen LogP contribution in [-0.2, 0) is 9.53 Å². The highest BCUT2D eigenvalue weighted by molar-refractivity contribution is 8.00. The van der Waals surface area contributed by atoms with Crippen LogP contribution in [0.5, 0.6) is 0 Å². The highest BCUT2D eigenvalue weighted by Gasteiger charge is 2.25. The van der Waals surface area contributed by atoms with Crippen molar-refractivity contribution in [3.63, 3.8) is 0 Å². The van der Waals surface area contributed by atoms with Gasteiger partial charge < -0.3 is 10.1 Å². The van der Waals surface area contributed by atoms with Gasteiger partial charge in [-0.2, -0.15) is 11.8 Å². The van der Waals surface area contributed by atoms with Gasteiger partial charge in [0, 0.05) is 17.8 Å². The van der Waals surface area contributed by atoms with Crippen molar-refractivity contribution in [2.45, 2.75) is 45.3 Å². The highest BCUT2D eigenvalue weighted by atomic mass is 32.2. The minimum atomic E-state index is -0.109. The molecule has 0 saturated carbocycles. The molecule has 1 atom stereocenters. The smallest absolute Gasteiger partial charge is 0.309 e. The molecular formula is C13H27NO2S. The zero-order valence-electron chi connectivity index (χ0n) is 11.8. The molecule has 0 amide bonds. The normalized spacial score (nSPS) is 13.5. The first-order chi connectivity index (χ1) is 8.05. The van der Waals surface area contributed by atoms with Crippen LogP contribution >= 0.6 is 11.8 Å². The van der Waals surface area contributed by atoms with Crippen molar-refractivity contribution in [1.82, 2.24) is 5.32 Å². The zero-order valence-corrected chi connectivity index (χ0v) is 12.7. The van der Waals surface area contributed by atoms with E-state index >= 15 is 0 Å². The molecule has 3 nitrogen and oxygen atoms in total. The molecular weight excluding hydrogens is 234 g/mol. The van der Waals surface area contributed by atoms with Gasteiger partial charge >= 0.3 is 5.97 Å². The quantitative estimate of drug-likeness (QED) is 0.648. The molecule has 1 unspecified atom stereocenters. The maximum Gasteiger partial charge on any atom is 0.309 e. The van der Waals surface area contributed by atoms with Gasteiger partial charge in [-0.1, -0.05) is 20.8 Å². The number of rotatable bonds is 9. The van der Waals surface area contributed by atoms with Gasteiger partial charge in [0.25, 0.3) is 0 Å². The van der Waals surface area contributed by atoms with Crippen LogP contribution in [0.4, 0.5) is 0 Å². The number of hydrogen-bond donors (Lipinski definition) is 1. The van der Waals surface area contributed by atoms with Gasteiger partial charge in [0.1, 0.15) is 0 Å². The molecule has 102 valence electrons. The molecule has 0 aromatic rings. The highest BCUT2D eigenvalue weighted by Crippen LogP contribution is 2.29. The van der Waals surface area contributed by atoms with E-state index in [0.717, 1.165) is 19.4 Å². The Morgan fingerprint density at radius 3 is 2.35 bits per heavy atom. The van der Waals surface area contributed by atoms with Gasteiger partial charge in [-0.3, -0.25) is 4.79 Å². The molecule has 0 rings (SSSR count). The van der Waals surface area contributed by atoms with E-state index in [4.69, 9.17) is 4.74 Å². The Balaban J connectivity index is 4.00. The molecule has 0 fully saturated rings. The molecule has 0 bridgehead atoms. The first-order valence-corrected chi connectivity index (χ1v) is 7.70. The lowest BCUT2D eigenvalue weighted by molar-refractivity contribution is -0.147. The van der Waals surface area contributed by atoms with E-state index in [0.29, 0.717) is 17.9 Å². The summed E-state index contributed by atoms with van der Waals surface area (Å²) in [5.41, 5.74) is 0. The second-order valence-corrected chi connectivity index (χ2v) is 5.65. The zero-order chi connectivity index (χ0) is 13.3. The Hall–Kier alpha value is -0.220. The Morgan fingerprint density at radius 1 is 1.35 bits per heavy atom. The second kappa shape index (κ2) is 8.81. The van der Waals surface area contributed by atoms with Crippen LogP contribution in [0, 0.1) is 5.92 Å². The first-order valence-electron chi connectivity index (χ1n) is 6.47. The van der Waals surface area contributed by atoms with Gasteiger partial charge in [0.15, 0.2) is 0 Å². The second-order valence-electron chi connectivity index (χ2n) is 4.38. The molecule has 0 heterocycles. The number of carbonyl (C=O) groups excluding carboxylic acids is 1. The molecule has 0 radical (unpaired) electrons. The van der Waals surface area contributed by atoms with Crippen molar-refractivity contribution >= 4 is 17.7 Å². The molecule has 0 aromatic carbocycles. The lowest BCUT2D eigenvalue weighted by Gasteiger charge is -2.30. The SMILES string of the molecule is CCOC(=O)C(C)CNCC(CC)(CC)SC. The van der Waals surface area contributed by atoms with Gasteiger partial charge in [-0.05, 0) is 26.0 Å². The molecule has 0 aliphatic carbocycles. The van der Waals surface area contributed by atoms with Crippen molar-refractivity contribution in [2.75, 3.05) is 26.0 Å². The summed E-state index contributed by atoms with van der Waals surface area (Å²) in [4.78, 5) is 11.4. The molecule has 0 aliphatic heterocycles. The van der Waals surface area contributed by atoms with E-state index in [1.54, 1.807) is 0 Å². The lowest BCUT2D eigenvalue weighted by atomic mass is 10.0. The molecule has 0 saturated heterocycles. The predicted molar refractivity (Wildman–Crippen MR) is 75.5 cm³/mol. The summed E-state index contributed by atoms with van der Waals surface area (Å²) >= 11 is 1.91. The largest absolute Gasteiger partial charge is 0.466 e. The van der Waals surface area contributed by atoms with Crippen LogP contribution in [-0.4, -0.2) is 36.7 Å². The van der Waals surface area contributed by atoms with Crippen LogP contribution in [0.15, 0.2) is 0 Å². The lowest BCUT2D eigenvalue weighted by Crippen LogP contribution is -2.39. The summed E-state index contributed by atoms with van der Waals surface area (Å²) in [5, 5.41) is 3.40. The Labute approximate surface area is 110 Å². The van der Waals surface area contributed by atoms with Crippen molar-refractivity contribution in [3.8, 4) is 0 Å². The van der Waals surface area contributed by atoms with E-state index in [1.165, 1.54) is 0 Å². The Bertz CT molecular complexity index is 209. The Morgan fingerprint density at radius 2 is 1.94 bits per heavy atom. The van der Waals surface area contributed by atoms with E-state index < -0.39 is 0 Å². The molecule has 0 spiro atoms. The van der Waals surface area contributed by atoms with Gasteiger partial charge in [0.05, 0.1) is 12.5 Å². The standard InChI is InChI=1S/C13H27NO2S/c1-6-13(7-2,17-5)10-14-9-11(4)12(15)16-8-3/h11,14H,6-10H2,1-5H3. The van der Waals surface area contributed by atoms with Crippen LogP contribution in [0.3, 0.4) is 0 Å². The molecule has 0 aliphatic rings. The van der Waals surface area contributed by atoms with Crippen molar-refractivity contribution in [3.05, 3.63) is 0 Å². The fraction of sp³-hybridized carbons (Fsp3) is 0.923. The topological polar surface area (TPSA) is 38.3 Å². The fourth-order valence-corrected chi connectivity index (χ4v) is 2.57. The summed E-state index contributed by atoms with van der Waals surface area (Å²) in [7, 11) is 0. The van der Waals surface area contributed by atoms with E-state index in [1.807, 2.05) is 25.6 Å². The van der Waals surface area contributed by atoms with Crippen LogP contribution < -0.4 is 5.32 Å². The summed E-state index contributed by atoms with van der Waals surface area (Å²) in [6.45, 7) is 10.3. The average molecular weight is 261 g/mol. The van der Waals surface area contributed by atoms with Gasteiger partial charge in [-0.15, -0.1) is 0 Å². The monoisotopic (exact) mass is 261 g/mol. The molecule has 17 heavy (non-hydrogen) atoms. The Kier molecular flexibility index (Phi) is 8.70. The van der Waals surface area contributed by atoms with Crippen molar-refractivity contribution in [1.29, 1.82) is 0 Å². The van der Waals surface area contributed by atoms with Crippen molar-refractivity contribution in [2.24, 2.45) is 5.92 Å². The number of hydrogen-bond acceptors (Lipinski definition) is 4. The maximum absolute atomic E-state index is 11.4. The van der Waals surface area contributed by atoms with E-state index in [2.05, 4.69) is 25.4 Å². The van der Waals surface area contributed by atoms with Crippen molar-refractivity contribution < 1.29 is 9.53 Å². The molecule has 4 heteroatoms. The van der Waals surface area contributed by atoms with E-state index in [9.17, 15) is 4.79 Å². The van der Waals surface area contributed by atoms with Crippen LogP contribution in [0.2, 0.25) is 0 Å². The number of ether oxygens (including phenoxy) is 1. The number of esters is 1. The maximum atomic E-state index is 11.4. The van der Waals surface area contributed by atoms with Gasteiger partial charge in [-0.25, -0.2) is 0 Å². The summed E-state index contributed by atoms with van der Waals surface area (Å²) in [6.07, 6.45) is 4.44. The third-order valence-corrected chi connectivity index (χ3v) is 4.90. The minimum Gasteiger partial charge on any atom is -0.466 e. The van der Waals surface area contributed by atoms with E-state index in [-0.39, 0.29) is 11.9 Å². The summed E-state index contributed by atoms with van der Waals surface area (Å²) in [6, 6.07) is 0. The molecule has 0 aromatic heterocycles. The number of carbonyl (C=O) groups is 1. The van der Waals surface area contributed by atoms with Crippen LogP contribution in [0.1, 0.15) is 40.5 Å². The number of thioether (sulfide) groups is 1. The summed E-state index contributed by atoms with van der Waals surface area (Å²) in [5.74, 6) is -0.175. The fourth-order valence-electron chi connectivity index (χ4n) is 1.75. The average Bonchev–Trinajstić information content (AvgIpc) is 2.35. The third kappa shape index (κ3) is 5.77. The summed E-state index contributed by atoms with van der Waals surface area (Å²) < 4.78 is 5.28. The molecule has 1 N–H and O–H groups in total. The third-order valence-electron chi connectivity index (χ3n) is 3.31. The first kappa shape index (κ1) is 16.8. The predicted octanol–water partition coefficient (Wildman–Crippen LogP) is 2.70. The van der Waals surface area contributed by atoms with Gasteiger partial charge in [0.2, 0.25) is 0 Å². The number of nitrogens with one attached hydrogen (secondary N) is 1.